The zero-order valence-corrected chi connectivity index (χ0v) is 14.9. The molecule has 2 aromatic rings. The van der Waals surface area contributed by atoms with E-state index in [-0.39, 0.29) is 11.9 Å². The number of carbonyl (C=O) groups excluding carboxylic acids is 1. The fourth-order valence-electron chi connectivity index (χ4n) is 3.25. The van der Waals surface area contributed by atoms with Crippen LogP contribution in [0.1, 0.15) is 35.6 Å². The van der Waals surface area contributed by atoms with Crippen LogP contribution in [-0.4, -0.2) is 24.5 Å². The topological polar surface area (TPSA) is 29.5 Å². The Hall–Kier alpha value is -2.76. The average Bonchev–Trinajstić information content (AvgIpc) is 3.16. The zero-order valence-electron chi connectivity index (χ0n) is 14.9. The van der Waals surface area contributed by atoms with Crippen molar-refractivity contribution >= 4 is 12.0 Å². The van der Waals surface area contributed by atoms with Gasteiger partial charge in [0.05, 0.1) is 18.7 Å². The number of benzene rings is 2. The maximum absolute atomic E-state index is 12.6. The molecule has 1 fully saturated rings. The van der Waals surface area contributed by atoms with Crippen molar-refractivity contribution in [3.63, 3.8) is 0 Å². The number of carbonyl (C=O) groups is 1. The van der Waals surface area contributed by atoms with E-state index >= 15 is 0 Å². The summed E-state index contributed by atoms with van der Waals surface area (Å²) in [5.74, 6) is 0.616. The molecule has 0 spiro atoms. The Morgan fingerprint density at radius 3 is 2.37 bits per heavy atom. The lowest BCUT2D eigenvalue weighted by Crippen LogP contribution is -2.28. The van der Waals surface area contributed by atoms with Crippen LogP contribution in [0.4, 0.5) is 13.2 Å². The Morgan fingerprint density at radius 1 is 1.11 bits per heavy atom. The van der Waals surface area contributed by atoms with Gasteiger partial charge in [-0.1, -0.05) is 24.3 Å². The molecule has 1 atom stereocenters. The van der Waals surface area contributed by atoms with Gasteiger partial charge in [0, 0.05) is 12.6 Å². The predicted molar refractivity (Wildman–Crippen MR) is 97.2 cm³/mol. The predicted octanol–water partition coefficient (Wildman–Crippen LogP) is 5.09. The van der Waals surface area contributed by atoms with Crippen molar-refractivity contribution in [3.05, 3.63) is 71.3 Å². The van der Waals surface area contributed by atoms with E-state index < -0.39 is 11.7 Å². The Kier molecular flexibility index (Phi) is 5.54. The highest BCUT2D eigenvalue weighted by molar-refractivity contribution is 5.92. The number of ether oxygens (including phenoxy) is 1. The average molecular weight is 375 g/mol. The summed E-state index contributed by atoms with van der Waals surface area (Å²) in [5.41, 5.74) is 0.895. The van der Waals surface area contributed by atoms with Crippen LogP contribution >= 0.6 is 0 Å². The molecule has 142 valence electrons. The molecule has 6 heteroatoms. The van der Waals surface area contributed by atoms with Crippen LogP contribution in [0.2, 0.25) is 0 Å². The lowest BCUT2D eigenvalue weighted by atomic mass is 10.0. The minimum atomic E-state index is -4.36. The van der Waals surface area contributed by atoms with Crippen LogP contribution in [0.15, 0.2) is 54.6 Å². The summed E-state index contributed by atoms with van der Waals surface area (Å²) in [7, 11) is 1.60. The molecule has 1 amide bonds. The molecule has 27 heavy (non-hydrogen) atoms. The van der Waals surface area contributed by atoms with Gasteiger partial charge in [-0.05, 0) is 54.3 Å². The van der Waals surface area contributed by atoms with E-state index in [0.29, 0.717) is 12.1 Å². The molecule has 0 radical (unpaired) electrons. The number of hydrogen-bond acceptors (Lipinski definition) is 2. The first-order valence-electron chi connectivity index (χ1n) is 8.68. The van der Waals surface area contributed by atoms with Gasteiger partial charge in [-0.15, -0.1) is 0 Å². The standard InChI is InChI=1S/C21H20F3NO2/c1-27-18-11-7-16(8-12-18)19-3-2-14-25(19)20(26)13-6-15-4-9-17(10-5-15)21(22,23)24/h4-13,19H,2-3,14H2,1H3/b13-6+. The van der Waals surface area contributed by atoms with E-state index in [4.69, 9.17) is 4.74 Å². The highest BCUT2D eigenvalue weighted by Gasteiger charge is 2.30. The highest BCUT2D eigenvalue weighted by Crippen LogP contribution is 2.33. The number of hydrogen-bond donors (Lipinski definition) is 0. The van der Waals surface area contributed by atoms with E-state index in [2.05, 4.69) is 0 Å². The fourth-order valence-corrected chi connectivity index (χ4v) is 3.25. The number of alkyl halides is 3. The van der Waals surface area contributed by atoms with Crippen LogP contribution in [0, 0.1) is 0 Å². The van der Waals surface area contributed by atoms with Crippen molar-refractivity contribution in [2.75, 3.05) is 13.7 Å². The van der Waals surface area contributed by atoms with Gasteiger partial charge >= 0.3 is 6.18 Å². The first-order valence-corrected chi connectivity index (χ1v) is 8.68. The second-order valence-corrected chi connectivity index (χ2v) is 6.42. The molecular weight excluding hydrogens is 355 g/mol. The van der Waals surface area contributed by atoms with Crippen molar-refractivity contribution in [2.24, 2.45) is 0 Å². The number of likely N-dealkylation sites (tertiary alicyclic amines) is 1. The zero-order chi connectivity index (χ0) is 19.4. The van der Waals surface area contributed by atoms with Gasteiger partial charge in [-0.2, -0.15) is 13.2 Å². The molecule has 3 rings (SSSR count). The SMILES string of the molecule is COc1ccc(C2CCCN2C(=O)/C=C/c2ccc(C(F)(F)F)cc2)cc1. The Morgan fingerprint density at radius 2 is 1.78 bits per heavy atom. The van der Waals surface area contributed by atoms with Gasteiger partial charge in [-0.3, -0.25) is 4.79 Å². The quantitative estimate of drug-likeness (QED) is 0.697. The molecule has 0 saturated carbocycles. The van der Waals surface area contributed by atoms with Gasteiger partial charge < -0.3 is 9.64 Å². The van der Waals surface area contributed by atoms with Crippen LogP contribution < -0.4 is 4.74 Å². The largest absolute Gasteiger partial charge is 0.497 e. The highest BCUT2D eigenvalue weighted by atomic mass is 19.4. The van der Waals surface area contributed by atoms with E-state index in [1.807, 2.05) is 24.3 Å². The van der Waals surface area contributed by atoms with Crippen molar-refractivity contribution in [1.82, 2.24) is 4.90 Å². The van der Waals surface area contributed by atoms with Crippen LogP contribution in [0.5, 0.6) is 5.75 Å². The van der Waals surface area contributed by atoms with Crippen molar-refractivity contribution in [3.8, 4) is 5.75 Å². The fraction of sp³-hybridized carbons (Fsp3) is 0.286. The summed E-state index contributed by atoms with van der Waals surface area (Å²) in [6, 6.07) is 12.4. The first kappa shape index (κ1) is 19.0. The van der Waals surface area contributed by atoms with Gasteiger partial charge in [0.2, 0.25) is 5.91 Å². The maximum Gasteiger partial charge on any atom is 0.416 e. The molecule has 2 aromatic carbocycles. The molecule has 0 N–H and O–H groups in total. The summed E-state index contributed by atoms with van der Waals surface area (Å²) in [5, 5.41) is 0. The second-order valence-electron chi connectivity index (χ2n) is 6.42. The molecule has 1 unspecified atom stereocenters. The number of rotatable bonds is 4. The van der Waals surface area contributed by atoms with Gasteiger partial charge in [-0.25, -0.2) is 0 Å². The van der Waals surface area contributed by atoms with Crippen LogP contribution in [0.25, 0.3) is 6.08 Å². The smallest absolute Gasteiger partial charge is 0.416 e. The molecule has 3 nitrogen and oxygen atoms in total. The molecule has 0 bridgehead atoms. The first-order chi connectivity index (χ1) is 12.9. The number of halogens is 3. The summed E-state index contributed by atoms with van der Waals surface area (Å²) >= 11 is 0. The summed E-state index contributed by atoms with van der Waals surface area (Å²) in [6.07, 6.45) is 0.401. The maximum atomic E-state index is 12.6. The Labute approximate surface area is 156 Å². The number of amides is 1. The Bertz CT molecular complexity index is 811. The monoisotopic (exact) mass is 375 g/mol. The molecule has 0 aliphatic carbocycles. The third-order valence-electron chi connectivity index (χ3n) is 4.69. The minimum absolute atomic E-state index is 0.000613. The van der Waals surface area contributed by atoms with Gasteiger partial charge in [0.15, 0.2) is 0 Å². The summed E-state index contributed by atoms with van der Waals surface area (Å²) in [6.45, 7) is 0.660. The van der Waals surface area contributed by atoms with E-state index in [1.54, 1.807) is 18.1 Å². The molecular formula is C21H20F3NO2. The molecule has 0 aromatic heterocycles. The normalized spacial score (nSPS) is 17.5. The number of methoxy groups -OCH3 is 1. The Balaban J connectivity index is 1.69. The molecule has 1 aliphatic heterocycles. The van der Waals surface area contributed by atoms with Crippen LogP contribution in [0.3, 0.4) is 0 Å². The van der Waals surface area contributed by atoms with Gasteiger partial charge in [0.25, 0.3) is 0 Å². The van der Waals surface area contributed by atoms with Crippen molar-refractivity contribution in [1.29, 1.82) is 0 Å². The lowest BCUT2D eigenvalue weighted by Gasteiger charge is -2.24. The lowest BCUT2D eigenvalue weighted by molar-refractivity contribution is -0.137. The molecule has 1 aliphatic rings. The second kappa shape index (κ2) is 7.86. The van der Waals surface area contributed by atoms with Crippen molar-refractivity contribution in [2.45, 2.75) is 25.1 Å². The third-order valence-corrected chi connectivity index (χ3v) is 4.69. The molecule has 1 heterocycles. The van der Waals surface area contributed by atoms with Crippen molar-refractivity contribution < 1.29 is 22.7 Å². The van der Waals surface area contributed by atoms with Gasteiger partial charge in [0.1, 0.15) is 5.75 Å². The summed E-state index contributed by atoms with van der Waals surface area (Å²) in [4.78, 5) is 14.4. The minimum Gasteiger partial charge on any atom is -0.497 e. The van der Waals surface area contributed by atoms with Crippen LogP contribution in [-0.2, 0) is 11.0 Å². The van der Waals surface area contributed by atoms with E-state index in [0.717, 1.165) is 36.3 Å². The number of nitrogens with zero attached hydrogens (tertiary/aromatic N) is 1. The molecule has 1 saturated heterocycles. The van der Waals surface area contributed by atoms with E-state index in [9.17, 15) is 18.0 Å². The van der Waals surface area contributed by atoms with E-state index in [1.165, 1.54) is 18.2 Å². The third kappa shape index (κ3) is 4.51. The summed E-state index contributed by atoms with van der Waals surface area (Å²) < 4.78 is 43.0.